The van der Waals surface area contributed by atoms with Crippen LogP contribution >= 0.6 is 0 Å². The maximum Gasteiger partial charge on any atom is 0.337 e. The van der Waals surface area contributed by atoms with E-state index >= 15 is 4.39 Å². The Morgan fingerprint density at radius 1 is 1.05 bits per heavy atom. The van der Waals surface area contributed by atoms with Crippen molar-refractivity contribution in [1.29, 1.82) is 5.26 Å². The molecule has 4 heterocycles. The highest BCUT2D eigenvalue weighted by Crippen LogP contribution is 2.24. The fourth-order valence-corrected chi connectivity index (χ4v) is 4.80. The second-order valence-corrected chi connectivity index (χ2v) is 10.00. The van der Waals surface area contributed by atoms with E-state index in [0.29, 0.717) is 28.3 Å². The van der Waals surface area contributed by atoms with Gasteiger partial charge in [-0.2, -0.15) is 14.9 Å². The summed E-state index contributed by atoms with van der Waals surface area (Å²) in [7, 11) is 3.76. The van der Waals surface area contributed by atoms with Crippen LogP contribution in [0.5, 0.6) is 0 Å². The average Bonchev–Trinajstić information content (AvgIpc) is 3.63. The number of nitrogens with one attached hydrogen (secondary N) is 2. The number of fused-ring (bicyclic) bond motifs is 1. The van der Waals surface area contributed by atoms with E-state index in [-0.39, 0.29) is 22.4 Å². The first kappa shape index (κ1) is 27.9. The number of benzene rings is 2. The van der Waals surface area contributed by atoms with Crippen molar-refractivity contribution >= 4 is 22.8 Å². The van der Waals surface area contributed by atoms with E-state index in [1.807, 2.05) is 31.1 Å². The first-order valence-corrected chi connectivity index (χ1v) is 13.2. The number of anilines is 1. The molecule has 0 radical (unpaired) electrons. The minimum absolute atomic E-state index is 0.134. The molecule has 0 saturated heterocycles. The quantitative estimate of drug-likeness (QED) is 0.299. The summed E-state index contributed by atoms with van der Waals surface area (Å²) in [5.41, 5.74) is -0.500. The summed E-state index contributed by atoms with van der Waals surface area (Å²) in [4.78, 5) is 52.5. The lowest BCUT2D eigenvalue weighted by molar-refractivity contribution is 0.252. The van der Waals surface area contributed by atoms with Gasteiger partial charge in [-0.25, -0.2) is 23.6 Å². The van der Waals surface area contributed by atoms with Gasteiger partial charge in [0.1, 0.15) is 23.2 Å². The predicted molar refractivity (Wildman–Crippen MR) is 159 cm³/mol. The number of rotatable bonds is 6. The molecule has 4 aromatic heterocycles. The molecule has 2 aromatic carbocycles. The van der Waals surface area contributed by atoms with Crippen LogP contribution in [0.25, 0.3) is 33.5 Å². The fraction of sp³-hybridized carbons (Fsp3) is 0.100. The number of hydrogen-bond donors (Lipinski definition) is 2. The fourth-order valence-electron chi connectivity index (χ4n) is 4.80. The number of nitriles is 1. The summed E-state index contributed by atoms with van der Waals surface area (Å²) >= 11 is 0. The highest BCUT2D eigenvalue weighted by molar-refractivity contribution is 5.93. The highest BCUT2D eigenvalue weighted by atomic mass is 19.1. The van der Waals surface area contributed by atoms with E-state index in [9.17, 15) is 19.6 Å². The molecule has 0 aliphatic carbocycles. The normalized spacial score (nSPS) is 11.2. The van der Waals surface area contributed by atoms with E-state index in [4.69, 9.17) is 0 Å². The van der Waals surface area contributed by atoms with Crippen LogP contribution in [-0.4, -0.2) is 58.9 Å². The maximum absolute atomic E-state index is 15.2. The number of aromatic nitrogens is 7. The molecular weight excluding hydrogens is 567 g/mol. The Balaban J connectivity index is 1.38. The van der Waals surface area contributed by atoms with Gasteiger partial charge in [-0.1, -0.05) is 12.1 Å². The van der Waals surface area contributed by atoms with E-state index in [1.165, 1.54) is 16.8 Å². The Hall–Kier alpha value is -6.20. The highest BCUT2D eigenvalue weighted by Gasteiger charge is 2.23. The van der Waals surface area contributed by atoms with Crippen LogP contribution in [0.4, 0.5) is 14.9 Å². The third-order valence-corrected chi connectivity index (χ3v) is 6.79. The summed E-state index contributed by atoms with van der Waals surface area (Å²) < 4.78 is 18.4. The first-order valence-electron chi connectivity index (χ1n) is 13.2. The maximum atomic E-state index is 15.2. The molecule has 0 saturated carbocycles. The van der Waals surface area contributed by atoms with E-state index in [0.717, 1.165) is 11.1 Å². The number of pyridine rings is 1. The number of H-pyrrole nitrogens is 1. The van der Waals surface area contributed by atoms with Crippen LogP contribution in [-0.2, 0) is 6.54 Å². The molecule has 14 heteroatoms. The molecule has 0 fully saturated rings. The number of aromatic amines is 1. The molecule has 0 unspecified atom stereocenters. The molecule has 0 aliphatic heterocycles. The smallest absolute Gasteiger partial charge is 0.304 e. The van der Waals surface area contributed by atoms with Gasteiger partial charge < -0.3 is 19.8 Å². The van der Waals surface area contributed by atoms with Crippen LogP contribution in [0.2, 0.25) is 0 Å². The second kappa shape index (κ2) is 11.2. The van der Waals surface area contributed by atoms with E-state index in [2.05, 4.69) is 25.4 Å². The van der Waals surface area contributed by atoms with Gasteiger partial charge in [0, 0.05) is 36.5 Å². The number of imidazole rings is 1. The second-order valence-electron chi connectivity index (χ2n) is 10.00. The molecule has 6 aromatic rings. The minimum Gasteiger partial charge on any atom is -0.304 e. The number of nitrogens with zero attached hydrogens (tertiary/aromatic N) is 8. The zero-order valence-corrected chi connectivity index (χ0v) is 23.4. The van der Waals surface area contributed by atoms with Crippen molar-refractivity contribution in [2.45, 2.75) is 6.54 Å². The molecule has 0 bridgehead atoms. The zero-order valence-electron chi connectivity index (χ0n) is 23.4. The van der Waals surface area contributed by atoms with Crippen molar-refractivity contribution in [3.8, 4) is 28.6 Å². The molecule has 1 amide bonds. The van der Waals surface area contributed by atoms with E-state index < -0.39 is 23.1 Å². The third kappa shape index (κ3) is 5.03. The third-order valence-electron chi connectivity index (χ3n) is 6.79. The summed E-state index contributed by atoms with van der Waals surface area (Å²) in [6, 6.07) is 15.4. The Morgan fingerprint density at radius 3 is 2.57 bits per heavy atom. The molecular formula is C30H23FN10O3. The predicted octanol–water partition coefficient (Wildman–Crippen LogP) is 3.28. The molecule has 13 nitrogen and oxygen atoms in total. The Kier molecular flexibility index (Phi) is 7.13. The van der Waals surface area contributed by atoms with Crippen molar-refractivity contribution in [1.82, 2.24) is 38.8 Å². The van der Waals surface area contributed by atoms with Crippen LogP contribution in [0.15, 0.2) is 89.0 Å². The zero-order chi connectivity index (χ0) is 31.0. The van der Waals surface area contributed by atoms with Gasteiger partial charge in [0.15, 0.2) is 11.2 Å². The number of carbonyl (C=O) groups excluding carboxylic acids is 1. The van der Waals surface area contributed by atoms with Gasteiger partial charge in [0.2, 0.25) is 0 Å². The summed E-state index contributed by atoms with van der Waals surface area (Å²) in [6.45, 7) is 0.513. The summed E-state index contributed by atoms with van der Waals surface area (Å²) in [5.74, 6) is -0.118. The molecule has 44 heavy (non-hydrogen) atoms. The molecule has 0 aliphatic rings. The molecule has 218 valence electrons. The lowest BCUT2D eigenvalue weighted by Crippen LogP contribution is -2.42. The largest absolute Gasteiger partial charge is 0.337 e. The van der Waals surface area contributed by atoms with Gasteiger partial charge in [0.05, 0.1) is 17.9 Å². The first-order chi connectivity index (χ1) is 21.2. The van der Waals surface area contributed by atoms with Crippen LogP contribution in [0, 0.1) is 17.1 Å². The van der Waals surface area contributed by atoms with Gasteiger partial charge >= 0.3 is 11.7 Å². The van der Waals surface area contributed by atoms with Crippen molar-refractivity contribution in [2.24, 2.45) is 0 Å². The van der Waals surface area contributed by atoms with E-state index in [1.54, 1.807) is 65.8 Å². The lowest BCUT2D eigenvalue weighted by atomic mass is 10.1. The van der Waals surface area contributed by atoms with Gasteiger partial charge in [-0.15, -0.1) is 0 Å². The monoisotopic (exact) mass is 590 g/mol. The van der Waals surface area contributed by atoms with Crippen molar-refractivity contribution in [3.05, 3.63) is 118 Å². The van der Waals surface area contributed by atoms with Gasteiger partial charge in [-0.05, 0) is 61.6 Å². The van der Waals surface area contributed by atoms with Crippen LogP contribution in [0.3, 0.4) is 0 Å². The summed E-state index contributed by atoms with van der Waals surface area (Å²) in [5, 5.41) is 16.2. The van der Waals surface area contributed by atoms with Crippen molar-refractivity contribution in [3.63, 3.8) is 0 Å². The molecule has 2 N–H and O–H groups in total. The Labute approximate surface area is 248 Å². The SMILES string of the molecule is CN(C)Cc1nccn1-c1ccc(NC(=O)n2c(=O)[nH]c3c(C#N)nn(-c4cccc(-c5ccncc5)c4)c3c2=O)c(F)c1. The number of carbonyl (C=O) groups is 1. The number of amides is 1. The van der Waals surface area contributed by atoms with Crippen LogP contribution in [0.1, 0.15) is 11.5 Å². The lowest BCUT2D eigenvalue weighted by Gasteiger charge is -2.13. The molecule has 6 rings (SSSR count). The van der Waals surface area contributed by atoms with Crippen LogP contribution < -0.4 is 16.6 Å². The van der Waals surface area contributed by atoms with Crippen molar-refractivity contribution < 1.29 is 9.18 Å². The number of hydrogen-bond acceptors (Lipinski definition) is 8. The Bertz CT molecular complexity index is 2210. The van der Waals surface area contributed by atoms with Crippen molar-refractivity contribution in [2.75, 3.05) is 19.4 Å². The van der Waals surface area contributed by atoms with Gasteiger partial charge in [0.25, 0.3) is 5.56 Å². The Morgan fingerprint density at radius 2 is 1.84 bits per heavy atom. The standard InChI is InChI=1S/C30H23FN10O3/c1-38(2)17-25-34-12-13-39(25)20-6-7-23(22(31)15-20)35-29(43)40-28(42)27-26(36-30(40)44)24(16-32)37-41(27)21-5-3-4-19(14-21)18-8-10-33-11-9-18/h3-15H,17H2,1-2H3,(H,35,43)(H,36,44). The molecule has 0 spiro atoms. The average molecular weight is 591 g/mol. The summed E-state index contributed by atoms with van der Waals surface area (Å²) in [6.07, 6.45) is 6.56. The minimum atomic E-state index is -1.20. The van der Waals surface area contributed by atoms with Gasteiger partial charge in [-0.3, -0.25) is 9.78 Å². The topological polar surface area (TPSA) is 160 Å². The molecule has 0 atom stereocenters. The number of halogens is 1.